The Morgan fingerprint density at radius 3 is 2.93 bits per heavy atom. The fourth-order valence-corrected chi connectivity index (χ4v) is 1.08. The molecule has 0 radical (unpaired) electrons. The number of benzene rings is 1. The zero-order chi connectivity index (χ0) is 11.3. The van der Waals surface area contributed by atoms with Crippen LogP contribution in [0, 0.1) is 11.8 Å². The summed E-state index contributed by atoms with van der Waals surface area (Å²) in [5.41, 5.74) is 0.702. The average molecular weight is 225 g/mol. The number of ether oxygens (including phenoxy) is 1. The SMILES string of the molecule is COC(=O)c1ccc(O)c(C#CCCl)c1. The van der Waals surface area contributed by atoms with Crippen molar-refractivity contribution in [2.24, 2.45) is 0 Å². The van der Waals surface area contributed by atoms with Gasteiger partial charge in [0.1, 0.15) is 5.75 Å². The predicted octanol–water partition coefficient (Wildman–Crippen LogP) is 1.77. The van der Waals surface area contributed by atoms with Crippen molar-refractivity contribution in [1.29, 1.82) is 0 Å². The number of phenolic OH excluding ortho intramolecular Hbond substituents is 1. The van der Waals surface area contributed by atoms with E-state index in [0.717, 1.165) is 0 Å². The highest BCUT2D eigenvalue weighted by Gasteiger charge is 2.07. The van der Waals surface area contributed by atoms with E-state index in [1.54, 1.807) is 0 Å². The Morgan fingerprint density at radius 1 is 1.60 bits per heavy atom. The molecule has 3 nitrogen and oxygen atoms in total. The minimum atomic E-state index is -0.469. The smallest absolute Gasteiger partial charge is 0.337 e. The molecule has 0 atom stereocenters. The van der Waals surface area contributed by atoms with E-state index in [1.807, 2.05) is 0 Å². The zero-order valence-corrected chi connectivity index (χ0v) is 8.84. The number of methoxy groups -OCH3 is 1. The molecule has 0 amide bonds. The molecule has 0 aliphatic heterocycles. The lowest BCUT2D eigenvalue weighted by molar-refractivity contribution is 0.0600. The van der Waals surface area contributed by atoms with Crippen LogP contribution >= 0.6 is 11.6 Å². The Balaban J connectivity index is 3.10. The molecule has 15 heavy (non-hydrogen) atoms. The Labute approximate surface area is 92.6 Å². The maximum atomic E-state index is 11.2. The first-order valence-electron chi connectivity index (χ1n) is 4.15. The number of carbonyl (C=O) groups is 1. The summed E-state index contributed by atoms with van der Waals surface area (Å²) in [4.78, 5) is 11.2. The molecule has 78 valence electrons. The molecule has 1 N–H and O–H groups in total. The van der Waals surface area contributed by atoms with Crippen molar-refractivity contribution in [3.8, 4) is 17.6 Å². The second-order valence-electron chi connectivity index (χ2n) is 2.66. The summed E-state index contributed by atoms with van der Waals surface area (Å²) >= 11 is 5.39. The normalized spacial score (nSPS) is 8.93. The molecular weight excluding hydrogens is 216 g/mol. The van der Waals surface area contributed by atoms with Gasteiger partial charge in [0.2, 0.25) is 0 Å². The molecule has 0 aliphatic carbocycles. The number of halogens is 1. The van der Waals surface area contributed by atoms with Crippen LogP contribution in [0.3, 0.4) is 0 Å². The van der Waals surface area contributed by atoms with E-state index >= 15 is 0 Å². The third-order valence-corrected chi connectivity index (χ3v) is 1.84. The first-order chi connectivity index (χ1) is 7.19. The largest absolute Gasteiger partial charge is 0.507 e. The average Bonchev–Trinajstić information content (AvgIpc) is 2.27. The topological polar surface area (TPSA) is 46.5 Å². The molecule has 1 rings (SSSR count). The van der Waals surface area contributed by atoms with Gasteiger partial charge in [0.15, 0.2) is 0 Å². The van der Waals surface area contributed by atoms with Gasteiger partial charge >= 0.3 is 5.97 Å². The molecule has 0 aromatic heterocycles. The van der Waals surface area contributed by atoms with Crippen LogP contribution in [0.25, 0.3) is 0 Å². The third-order valence-electron chi connectivity index (χ3n) is 1.71. The summed E-state index contributed by atoms with van der Waals surface area (Å²) in [6.07, 6.45) is 0. The Kier molecular flexibility index (Phi) is 4.02. The van der Waals surface area contributed by atoms with Crippen LogP contribution in [-0.2, 0) is 4.74 Å². The molecular formula is C11H9ClO3. The van der Waals surface area contributed by atoms with E-state index in [2.05, 4.69) is 16.6 Å². The standard InChI is InChI=1S/C11H9ClO3/c1-15-11(14)9-4-5-10(13)8(7-9)3-2-6-12/h4-5,7,13H,6H2,1H3. The number of hydrogen-bond donors (Lipinski definition) is 1. The van der Waals surface area contributed by atoms with Crippen LogP contribution in [0.1, 0.15) is 15.9 Å². The molecule has 4 heteroatoms. The van der Waals surface area contributed by atoms with Crippen molar-refractivity contribution in [2.45, 2.75) is 0 Å². The van der Waals surface area contributed by atoms with Crippen molar-refractivity contribution >= 4 is 17.6 Å². The first kappa shape index (κ1) is 11.4. The number of carbonyl (C=O) groups excluding carboxylic acids is 1. The summed E-state index contributed by atoms with van der Waals surface area (Å²) < 4.78 is 4.54. The predicted molar refractivity (Wildman–Crippen MR) is 57.0 cm³/mol. The van der Waals surface area contributed by atoms with E-state index in [1.165, 1.54) is 25.3 Å². The number of alkyl halides is 1. The van der Waals surface area contributed by atoms with Gasteiger partial charge in [-0.2, -0.15) is 0 Å². The Hall–Kier alpha value is -1.66. The number of hydrogen-bond acceptors (Lipinski definition) is 3. The highest BCUT2D eigenvalue weighted by molar-refractivity contribution is 6.19. The number of esters is 1. The van der Waals surface area contributed by atoms with E-state index < -0.39 is 5.97 Å². The van der Waals surface area contributed by atoms with Crippen LogP contribution < -0.4 is 0 Å². The van der Waals surface area contributed by atoms with E-state index in [9.17, 15) is 9.90 Å². The van der Waals surface area contributed by atoms with Gasteiger partial charge in [0, 0.05) is 0 Å². The van der Waals surface area contributed by atoms with Crippen molar-refractivity contribution in [3.05, 3.63) is 29.3 Å². The quantitative estimate of drug-likeness (QED) is 0.449. The minimum Gasteiger partial charge on any atom is -0.507 e. The summed E-state index contributed by atoms with van der Waals surface area (Å²) in [5.74, 6) is 4.95. The summed E-state index contributed by atoms with van der Waals surface area (Å²) in [7, 11) is 1.29. The monoisotopic (exact) mass is 224 g/mol. The van der Waals surface area contributed by atoms with Gasteiger partial charge in [-0.15, -0.1) is 11.6 Å². The summed E-state index contributed by atoms with van der Waals surface area (Å²) in [6, 6.07) is 4.32. The molecule has 0 fully saturated rings. The van der Waals surface area contributed by atoms with Crippen molar-refractivity contribution < 1.29 is 14.6 Å². The van der Waals surface area contributed by atoms with Crippen LogP contribution in [0.15, 0.2) is 18.2 Å². The fourth-order valence-electron chi connectivity index (χ4n) is 1.01. The molecule has 0 saturated heterocycles. The summed E-state index contributed by atoms with van der Waals surface area (Å²) in [5, 5.41) is 9.42. The van der Waals surface area contributed by atoms with Gasteiger partial charge in [0.25, 0.3) is 0 Å². The molecule has 0 heterocycles. The summed E-state index contributed by atoms with van der Waals surface area (Å²) in [6.45, 7) is 0. The van der Waals surface area contributed by atoms with Crippen molar-refractivity contribution in [3.63, 3.8) is 0 Å². The Bertz CT molecular complexity index is 429. The molecule has 1 aromatic carbocycles. The van der Waals surface area contributed by atoms with E-state index in [-0.39, 0.29) is 11.6 Å². The van der Waals surface area contributed by atoms with Gasteiger partial charge in [0.05, 0.1) is 24.1 Å². The van der Waals surface area contributed by atoms with Gasteiger partial charge in [-0.25, -0.2) is 4.79 Å². The second kappa shape index (κ2) is 5.28. The molecule has 1 aromatic rings. The lowest BCUT2D eigenvalue weighted by atomic mass is 10.1. The number of rotatable bonds is 1. The third kappa shape index (κ3) is 2.90. The van der Waals surface area contributed by atoms with Gasteiger partial charge in [-0.3, -0.25) is 0 Å². The minimum absolute atomic E-state index is 0.0141. The van der Waals surface area contributed by atoms with E-state index in [0.29, 0.717) is 11.1 Å². The lowest BCUT2D eigenvalue weighted by Crippen LogP contribution is -2.01. The molecule has 0 spiro atoms. The van der Waals surface area contributed by atoms with Crippen LogP contribution in [0.2, 0.25) is 0 Å². The Morgan fingerprint density at radius 2 is 2.33 bits per heavy atom. The van der Waals surface area contributed by atoms with Gasteiger partial charge in [-0.1, -0.05) is 11.8 Å². The molecule has 0 unspecified atom stereocenters. The van der Waals surface area contributed by atoms with Gasteiger partial charge < -0.3 is 9.84 Å². The second-order valence-corrected chi connectivity index (χ2v) is 2.93. The highest BCUT2D eigenvalue weighted by Crippen LogP contribution is 2.17. The number of phenols is 1. The van der Waals surface area contributed by atoms with Crippen LogP contribution in [0.5, 0.6) is 5.75 Å². The zero-order valence-electron chi connectivity index (χ0n) is 8.08. The lowest BCUT2D eigenvalue weighted by Gasteiger charge is -2.01. The van der Waals surface area contributed by atoms with Crippen LogP contribution in [0.4, 0.5) is 0 Å². The van der Waals surface area contributed by atoms with Crippen molar-refractivity contribution in [1.82, 2.24) is 0 Å². The first-order valence-corrected chi connectivity index (χ1v) is 4.68. The molecule has 0 bridgehead atoms. The van der Waals surface area contributed by atoms with Crippen molar-refractivity contribution in [2.75, 3.05) is 13.0 Å². The highest BCUT2D eigenvalue weighted by atomic mass is 35.5. The van der Waals surface area contributed by atoms with E-state index in [4.69, 9.17) is 11.6 Å². The van der Waals surface area contributed by atoms with Crippen LogP contribution in [-0.4, -0.2) is 24.1 Å². The molecule has 0 saturated carbocycles. The number of aromatic hydroxyl groups is 1. The molecule has 0 aliphatic rings. The maximum absolute atomic E-state index is 11.2. The maximum Gasteiger partial charge on any atom is 0.337 e. The fraction of sp³-hybridized carbons (Fsp3) is 0.182. The van der Waals surface area contributed by atoms with Gasteiger partial charge in [-0.05, 0) is 18.2 Å².